The molecule has 1 unspecified atom stereocenters. The molecule has 1 amide bonds. The van der Waals surface area contributed by atoms with Gasteiger partial charge < -0.3 is 16.0 Å². The van der Waals surface area contributed by atoms with Crippen molar-refractivity contribution < 1.29 is 4.79 Å². The molecule has 6 nitrogen and oxygen atoms in total. The van der Waals surface area contributed by atoms with E-state index in [4.69, 9.17) is 5.73 Å². The number of hydrogen-bond acceptors (Lipinski definition) is 6. The normalized spacial score (nSPS) is 18.7. The first-order chi connectivity index (χ1) is 13.6. The van der Waals surface area contributed by atoms with Crippen molar-refractivity contribution >= 4 is 23.4 Å². The zero-order valence-electron chi connectivity index (χ0n) is 16.0. The summed E-state index contributed by atoms with van der Waals surface area (Å²) >= 11 is 1.46. The molecule has 1 aliphatic heterocycles. The molecule has 2 aromatic rings. The van der Waals surface area contributed by atoms with E-state index in [0.29, 0.717) is 22.7 Å². The molecule has 0 saturated heterocycles. The number of nitrogens with two attached hydrogens (primary N) is 1. The Kier molecular flexibility index (Phi) is 6.02. The molecule has 3 rings (SSSR count). The number of rotatable bonds is 7. The molecular formula is C21H23N5OS. The molecule has 0 fully saturated rings. The van der Waals surface area contributed by atoms with Crippen LogP contribution in [0.1, 0.15) is 17.5 Å². The van der Waals surface area contributed by atoms with Gasteiger partial charge in [0.1, 0.15) is 5.41 Å². The van der Waals surface area contributed by atoms with Gasteiger partial charge in [0.15, 0.2) is 0 Å². The Balaban J connectivity index is 2.19. The van der Waals surface area contributed by atoms with Crippen LogP contribution in [0.25, 0.3) is 0 Å². The zero-order valence-corrected chi connectivity index (χ0v) is 16.8. The lowest BCUT2D eigenvalue weighted by Crippen LogP contribution is -2.39. The highest BCUT2D eigenvalue weighted by Gasteiger charge is 2.52. The standard InChI is InChI=1S/C21H23N5OS/c1-26(2)17-8-6-15(7-9-17)21(16-5-3-11-24-14-16)18(13-23)19(25-20(21)27)28-12-4-10-22/h3,5-9,11,14H,4,10,12,22H2,1-2H3,(H,25,27). The van der Waals surface area contributed by atoms with Gasteiger partial charge in [0.2, 0.25) is 5.91 Å². The van der Waals surface area contributed by atoms with E-state index in [0.717, 1.165) is 23.4 Å². The van der Waals surface area contributed by atoms with Gasteiger partial charge >= 0.3 is 0 Å². The fraction of sp³-hybridized carbons (Fsp3) is 0.286. The predicted molar refractivity (Wildman–Crippen MR) is 113 cm³/mol. The molecule has 0 aliphatic carbocycles. The van der Waals surface area contributed by atoms with Gasteiger partial charge in [-0.15, -0.1) is 11.8 Å². The topological polar surface area (TPSA) is 95.0 Å². The fourth-order valence-corrected chi connectivity index (χ4v) is 4.38. The first kappa shape index (κ1) is 19.9. The van der Waals surface area contributed by atoms with Gasteiger partial charge in [-0.1, -0.05) is 18.2 Å². The molecule has 3 N–H and O–H groups in total. The van der Waals surface area contributed by atoms with Gasteiger partial charge in [-0.2, -0.15) is 5.26 Å². The average Bonchev–Trinajstić information content (AvgIpc) is 3.00. The van der Waals surface area contributed by atoms with Crippen LogP contribution in [0.15, 0.2) is 59.4 Å². The number of hydrogen-bond donors (Lipinski definition) is 2. The Bertz CT molecular complexity index is 918. The molecule has 0 spiro atoms. The van der Waals surface area contributed by atoms with E-state index in [2.05, 4.69) is 16.4 Å². The first-order valence-corrected chi connectivity index (χ1v) is 10.0. The number of thioether (sulfide) groups is 1. The van der Waals surface area contributed by atoms with Crippen molar-refractivity contribution in [3.63, 3.8) is 0 Å². The summed E-state index contributed by atoms with van der Waals surface area (Å²) in [7, 11) is 3.92. The monoisotopic (exact) mass is 393 g/mol. The average molecular weight is 394 g/mol. The lowest BCUT2D eigenvalue weighted by atomic mass is 9.70. The van der Waals surface area contributed by atoms with Gasteiger partial charge in [0, 0.05) is 37.9 Å². The summed E-state index contributed by atoms with van der Waals surface area (Å²) < 4.78 is 0. The van der Waals surface area contributed by atoms with E-state index in [1.807, 2.05) is 49.3 Å². The van der Waals surface area contributed by atoms with Crippen LogP contribution in [0, 0.1) is 11.3 Å². The SMILES string of the molecule is CN(C)c1ccc(C2(c3cccnc3)C(=O)NC(SCCCN)=C2C#N)cc1. The number of benzene rings is 1. The Morgan fingerprint density at radius 1 is 1.25 bits per heavy atom. The van der Waals surface area contributed by atoms with Crippen molar-refractivity contribution in [1.29, 1.82) is 5.26 Å². The van der Waals surface area contributed by atoms with Crippen LogP contribution in [0.3, 0.4) is 0 Å². The van der Waals surface area contributed by atoms with E-state index < -0.39 is 5.41 Å². The first-order valence-electron chi connectivity index (χ1n) is 9.03. The summed E-state index contributed by atoms with van der Waals surface area (Å²) in [5, 5.41) is 13.6. The van der Waals surface area contributed by atoms with Crippen molar-refractivity contribution in [3.8, 4) is 6.07 Å². The summed E-state index contributed by atoms with van der Waals surface area (Å²) in [6.07, 6.45) is 4.12. The lowest BCUT2D eigenvalue weighted by Gasteiger charge is -2.28. The highest BCUT2D eigenvalue weighted by atomic mass is 32.2. The largest absolute Gasteiger partial charge is 0.378 e. The molecule has 0 saturated carbocycles. The molecule has 0 radical (unpaired) electrons. The number of carbonyl (C=O) groups excluding carboxylic acids is 1. The third-order valence-electron chi connectivity index (χ3n) is 4.79. The zero-order chi connectivity index (χ0) is 20.1. The Morgan fingerprint density at radius 2 is 2.00 bits per heavy atom. The van der Waals surface area contributed by atoms with Gasteiger partial charge in [-0.25, -0.2) is 0 Å². The number of anilines is 1. The Hall–Kier alpha value is -2.82. The molecule has 0 bridgehead atoms. The fourth-order valence-electron chi connectivity index (χ4n) is 3.36. The van der Waals surface area contributed by atoms with Crippen molar-refractivity contribution in [3.05, 3.63) is 70.5 Å². The molecule has 144 valence electrons. The Morgan fingerprint density at radius 3 is 2.57 bits per heavy atom. The van der Waals surface area contributed by atoms with Crippen molar-refractivity contribution in [2.45, 2.75) is 11.8 Å². The summed E-state index contributed by atoms with van der Waals surface area (Å²) in [6.45, 7) is 0.565. The molecule has 1 aromatic carbocycles. The minimum Gasteiger partial charge on any atom is -0.378 e. The highest BCUT2D eigenvalue weighted by molar-refractivity contribution is 8.03. The number of nitrogens with zero attached hydrogens (tertiary/aromatic N) is 3. The summed E-state index contributed by atoms with van der Waals surface area (Å²) in [5.74, 6) is 0.505. The van der Waals surface area contributed by atoms with Crippen LogP contribution in [-0.4, -0.2) is 37.3 Å². The number of carbonyl (C=O) groups is 1. The second kappa shape index (κ2) is 8.46. The third kappa shape index (κ3) is 3.37. The molecule has 2 heterocycles. The van der Waals surface area contributed by atoms with E-state index >= 15 is 0 Å². The molecule has 7 heteroatoms. The summed E-state index contributed by atoms with van der Waals surface area (Å²) in [4.78, 5) is 19.5. The van der Waals surface area contributed by atoms with E-state index in [1.54, 1.807) is 18.5 Å². The van der Waals surface area contributed by atoms with Gasteiger partial charge in [0.05, 0.1) is 16.7 Å². The molecule has 1 aliphatic rings. The highest BCUT2D eigenvalue weighted by Crippen LogP contribution is 2.46. The van der Waals surface area contributed by atoms with Crippen LogP contribution in [-0.2, 0) is 10.2 Å². The molecule has 1 aromatic heterocycles. The number of aromatic nitrogens is 1. The summed E-state index contributed by atoms with van der Waals surface area (Å²) in [6, 6.07) is 13.7. The van der Waals surface area contributed by atoms with Crippen molar-refractivity contribution in [2.75, 3.05) is 31.3 Å². The number of amides is 1. The van der Waals surface area contributed by atoms with Gasteiger partial charge in [0.25, 0.3) is 0 Å². The van der Waals surface area contributed by atoms with Gasteiger partial charge in [-0.05, 0) is 42.3 Å². The van der Waals surface area contributed by atoms with E-state index in [-0.39, 0.29) is 5.91 Å². The van der Waals surface area contributed by atoms with Crippen LogP contribution >= 0.6 is 11.8 Å². The smallest absolute Gasteiger partial charge is 0.245 e. The second-order valence-electron chi connectivity index (χ2n) is 6.69. The molecule has 1 atom stereocenters. The van der Waals surface area contributed by atoms with E-state index in [9.17, 15) is 10.1 Å². The third-order valence-corrected chi connectivity index (χ3v) is 5.88. The minimum atomic E-state index is -1.21. The Labute approximate surface area is 169 Å². The number of pyridine rings is 1. The van der Waals surface area contributed by atoms with Crippen LogP contribution in [0.4, 0.5) is 5.69 Å². The summed E-state index contributed by atoms with van der Waals surface area (Å²) in [5.41, 5.74) is 7.22. The predicted octanol–water partition coefficient (Wildman–Crippen LogP) is 2.38. The van der Waals surface area contributed by atoms with Gasteiger partial charge in [-0.3, -0.25) is 9.78 Å². The van der Waals surface area contributed by atoms with Crippen LogP contribution in [0.2, 0.25) is 0 Å². The number of nitriles is 1. The number of nitrogens with one attached hydrogen (secondary N) is 1. The maximum atomic E-state index is 13.3. The molecule has 28 heavy (non-hydrogen) atoms. The van der Waals surface area contributed by atoms with E-state index in [1.165, 1.54) is 11.8 Å². The van der Waals surface area contributed by atoms with Crippen LogP contribution < -0.4 is 16.0 Å². The second-order valence-corrected chi connectivity index (χ2v) is 7.80. The maximum Gasteiger partial charge on any atom is 0.245 e. The lowest BCUT2D eigenvalue weighted by molar-refractivity contribution is -0.122. The minimum absolute atomic E-state index is 0.232. The molecular weight excluding hydrogens is 370 g/mol. The van der Waals surface area contributed by atoms with Crippen LogP contribution in [0.5, 0.6) is 0 Å². The maximum absolute atomic E-state index is 13.3. The van der Waals surface area contributed by atoms with Crippen molar-refractivity contribution in [2.24, 2.45) is 5.73 Å². The van der Waals surface area contributed by atoms with Crippen molar-refractivity contribution in [1.82, 2.24) is 10.3 Å². The quantitative estimate of drug-likeness (QED) is 0.702.